The maximum absolute atomic E-state index is 12.5. The molecule has 14 heavy (non-hydrogen) atoms. The van der Waals surface area contributed by atoms with Crippen LogP contribution in [0.4, 0.5) is 17.6 Å². The van der Waals surface area contributed by atoms with Gasteiger partial charge in [0.1, 0.15) is 11.6 Å². The average Bonchev–Trinajstić information content (AvgIpc) is 2.06. The van der Waals surface area contributed by atoms with Crippen molar-refractivity contribution in [2.75, 3.05) is 0 Å². The second kappa shape index (κ2) is 3.56. The molecule has 0 bridgehead atoms. The third kappa shape index (κ3) is 2.22. The maximum atomic E-state index is 12.5. The molecule has 1 unspecified atom stereocenters. The predicted octanol–water partition coefficient (Wildman–Crippen LogP) is 2.16. The fraction of sp³-hybridized carbons (Fsp3) is 0.143. The molecule has 2 nitrogen and oxygen atoms in total. The van der Waals surface area contributed by atoms with Gasteiger partial charge in [0, 0.05) is 0 Å². The Balaban J connectivity index is 3.19. The summed E-state index contributed by atoms with van der Waals surface area (Å²) >= 11 is 0. The number of hydrogen-bond donors (Lipinski definition) is 1. The van der Waals surface area contributed by atoms with Gasteiger partial charge in [-0.15, -0.1) is 0 Å². The number of benzene rings is 1. The molecule has 1 aromatic carbocycles. The van der Waals surface area contributed by atoms with Crippen molar-refractivity contribution in [3.05, 3.63) is 24.0 Å². The van der Waals surface area contributed by atoms with Crippen LogP contribution in [0, 0.1) is 5.82 Å². The summed E-state index contributed by atoms with van der Waals surface area (Å²) in [5.41, 5.74) is -5.01. The zero-order chi connectivity index (χ0) is 10.9. The summed E-state index contributed by atoms with van der Waals surface area (Å²) < 4.78 is 58.9. The van der Waals surface area contributed by atoms with Crippen molar-refractivity contribution in [3.63, 3.8) is 0 Å². The van der Waals surface area contributed by atoms with E-state index in [1.54, 1.807) is 0 Å². The highest BCUT2D eigenvalue weighted by Gasteiger charge is 2.39. The first kappa shape index (κ1) is 11.0. The minimum atomic E-state index is -5.01. The fourth-order valence-corrected chi connectivity index (χ4v) is 1.49. The minimum absolute atomic E-state index is 0.388. The topological polar surface area (TPSA) is 37.3 Å². The van der Waals surface area contributed by atoms with E-state index in [1.807, 2.05) is 0 Å². The van der Waals surface area contributed by atoms with E-state index >= 15 is 0 Å². The van der Waals surface area contributed by atoms with E-state index in [0.717, 1.165) is 6.07 Å². The monoisotopic (exact) mass is 228 g/mol. The predicted molar refractivity (Wildman–Crippen MR) is 40.5 cm³/mol. The van der Waals surface area contributed by atoms with Crippen LogP contribution in [0.5, 0.6) is 5.75 Å². The van der Waals surface area contributed by atoms with Crippen molar-refractivity contribution in [1.82, 2.24) is 0 Å². The summed E-state index contributed by atoms with van der Waals surface area (Å²) in [4.78, 5) is -0.975. The molecule has 0 aromatic heterocycles. The lowest BCUT2D eigenvalue weighted by molar-refractivity contribution is -0.0385. The Bertz CT molecular complexity index is 374. The summed E-state index contributed by atoms with van der Waals surface area (Å²) in [5, 5.41) is 8.91. The van der Waals surface area contributed by atoms with Gasteiger partial charge >= 0.3 is 5.51 Å². The molecule has 0 amide bonds. The molecule has 1 aromatic rings. The molecule has 0 aliphatic carbocycles. The smallest absolute Gasteiger partial charge is 0.475 e. The maximum Gasteiger partial charge on any atom is 0.475 e. The Morgan fingerprint density at radius 3 is 2.36 bits per heavy atom. The van der Waals surface area contributed by atoms with E-state index < -0.39 is 32.8 Å². The standard InChI is InChI=1S/C7H4F4O2S/c8-4-1-2-5(12)6(3-4)14(13)7(9,10)11/h1-3,12H. The van der Waals surface area contributed by atoms with Crippen LogP contribution in [0.1, 0.15) is 0 Å². The molecule has 0 aliphatic heterocycles. The second-order valence-corrected chi connectivity index (χ2v) is 3.77. The van der Waals surface area contributed by atoms with Gasteiger partial charge in [0.05, 0.1) is 4.90 Å². The van der Waals surface area contributed by atoms with E-state index in [0.29, 0.717) is 12.1 Å². The lowest BCUT2D eigenvalue weighted by Crippen LogP contribution is -2.16. The van der Waals surface area contributed by atoms with E-state index in [-0.39, 0.29) is 0 Å². The summed E-state index contributed by atoms with van der Waals surface area (Å²) in [6.45, 7) is 0. The van der Waals surface area contributed by atoms with Gasteiger partial charge in [-0.1, -0.05) is 0 Å². The van der Waals surface area contributed by atoms with Crippen LogP contribution in [-0.2, 0) is 10.8 Å². The molecule has 7 heteroatoms. The van der Waals surface area contributed by atoms with Gasteiger partial charge in [0.15, 0.2) is 10.8 Å². The molecule has 0 saturated carbocycles. The first-order valence-corrected chi connectivity index (χ1v) is 4.44. The molecular weight excluding hydrogens is 224 g/mol. The van der Waals surface area contributed by atoms with Gasteiger partial charge in [-0.25, -0.2) is 8.60 Å². The molecule has 0 aliphatic rings. The highest BCUT2D eigenvalue weighted by atomic mass is 32.2. The van der Waals surface area contributed by atoms with Crippen molar-refractivity contribution in [1.29, 1.82) is 0 Å². The van der Waals surface area contributed by atoms with Crippen LogP contribution in [0.25, 0.3) is 0 Å². The molecular formula is C7H4F4O2S. The van der Waals surface area contributed by atoms with Crippen LogP contribution < -0.4 is 0 Å². The van der Waals surface area contributed by atoms with Crippen LogP contribution >= 0.6 is 0 Å². The summed E-state index contributed by atoms with van der Waals surface area (Å²) in [5.74, 6) is -1.84. The Morgan fingerprint density at radius 2 is 1.86 bits per heavy atom. The van der Waals surface area contributed by atoms with Crippen molar-refractivity contribution in [3.8, 4) is 5.75 Å². The van der Waals surface area contributed by atoms with E-state index in [2.05, 4.69) is 0 Å². The Hall–Kier alpha value is -1.11. The van der Waals surface area contributed by atoms with Gasteiger partial charge in [-0.05, 0) is 18.2 Å². The molecule has 1 rings (SSSR count). The normalized spacial score (nSPS) is 14.0. The van der Waals surface area contributed by atoms with Crippen LogP contribution in [0.2, 0.25) is 0 Å². The van der Waals surface area contributed by atoms with Crippen LogP contribution in [0.3, 0.4) is 0 Å². The van der Waals surface area contributed by atoms with E-state index in [9.17, 15) is 21.8 Å². The van der Waals surface area contributed by atoms with Gasteiger partial charge in [0.25, 0.3) is 0 Å². The second-order valence-electron chi connectivity index (χ2n) is 2.33. The van der Waals surface area contributed by atoms with Gasteiger partial charge in [-0.3, -0.25) is 0 Å². The highest BCUT2D eigenvalue weighted by Crippen LogP contribution is 2.31. The fourth-order valence-electron chi connectivity index (χ4n) is 0.761. The van der Waals surface area contributed by atoms with E-state index in [4.69, 9.17) is 5.11 Å². The third-order valence-corrected chi connectivity index (χ3v) is 2.48. The van der Waals surface area contributed by atoms with E-state index in [1.165, 1.54) is 0 Å². The number of aromatic hydroxyl groups is 1. The Labute approximate surface area is 78.6 Å². The lowest BCUT2D eigenvalue weighted by atomic mass is 10.3. The first-order chi connectivity index (χ1) is 6.32. The molecule has 0 heterocycles. The molecule has 0 radical (unpaired) electrons. The molecule has 0 spiro atoms. The number of alkyl halides is 3. The zero-order valence-corrected chi connectivity index (χ0v) is 7.32. The lowest BCUT2D eigenvalue weighted by Gasteiger charge is -2.07. The van der Waals surface area contributed by atoms with Crippen molar-refractivity contribution in [2.24, 2.45) is 0 Å². The number of hydrogen-bond acceptors (Lipinski definition) is 2. The molecule has 78 valence electrons. The highest BCUT2D eigenvalue weighted by molar-refractivity contribution is 7.86. The SMILES string of the molecule is O=S(c1cc(F)ccc1O)C(F)(F)F. The summed E-state index contributed by atoms with van der Waals surface area (Å²) in [6.07, 6.45) is 0. The van der Waals surface area contributed by atoms with Gasteiger partial charge < -0.3 is 5.11 Å². The number of halogens is 4. The molecule has 1 N–H and O–H groups in total. The van der Waals surface area contributed by atoms with Crippen LogP contribution in [-0.4, -0.2) is 14.8 Å². The van der Waals surface area contributed by atoms with Crippen molar-refractivity contribution in [2.45, 2.75) is 10.4 Å². The largest absolute Gasteiger partial charge is 0.507 e. The van der Waals surface area contributed by atoms with Crippen molar-refractivity contribution < 1.29 is 26.9 Å². The zero-order valence-electron chi connectivity index (χ0n) is 6.51. The van der Waals surface area contributed by atoms with Crippen molar-refractivity contribution >= 4 is 10.8 Å². The van der Waals surface area contributed by atoms with Crippen LogP contribution in [0.15, 0.2) is 23.1 Å². The summed E-state index contributed by atoms with van der Waals surface area (Å²) in [6, 6.07) is 1.87. The minimum Gasteiger partial charge on any atom is -0.507 e. The average molecular weight is 228 g/mol. The Kier molecular flexibility index (Phi) is 2.79. The van der Waals surface area contributed by atoms with Gasteiger partial charge in [0.2, 0.25) is 0 Å². The molecule has 1 atom stereocenters. The quantitative estimate of drug-likeness (QED) is 0.748. The number of rotatable bonds is 1. The summed E-state index contributed by atoms with van der Waals surface area (Å²) in [7, 11) is -3.41. The molecule has 0 fully saturated rings. The first-order valence-electron chi connectivity index (χ1n) is 3.29. The van der Waals surface area contributed by atoms with Gasteiger partial charge in [-0.2, -0.15) is 13.2 Å². The molecule has 0 saturated heterocycles. The Morgan fingerprint density at radius 1 is 1.29 bits per heavy atom. The number of phenols is 1. The third-order valence-electron chi connectivity index (χ3n) is 1.33. The number of phenolic OH excluding ortho intramolecular Hbond substituents is 1.